The van der Waals surface area contributed by atoms with Gasteiger partial charge in [0, 0.05) is 8.96 Å². The first-order valence-electron chi connectivity index (χ1n) is 3.48. The summed E-state index contributed by atoms with van der Waals surface area (Å²) < 4.78 is 2.38. The van der Waals surface area contributed by atoms with Gasteiger partial charge in [-0.1, -0.05) is 0 Å². The van der Waals surface area contributed by atoms with Gasteiger partial charge in [-0.25, -0.2) is 0 Å². The molecule has 2 nitrogen and oxygen atoms in total. The standard InChI is InChI=1S/C8H6I2N2/c1-4-2-5(9)7-6(3-4)11-12-8(7)10/h2-3H,1H3,(H,11,12). The molecule has 1 aromatic carbocycles. The Labute approximate surface area is 97.4 Å². The molecule has 0 aliphatic rings. The van der Waals surface area contributed by atoms with Crippen LogP contribution in [0.2, 0.25) is 0 Å². The van der Waals surface area contributed by atoms with Gasteiger partial charge in [-0.2, -0.15) is 5.10 Å². The Morgan fingerprint density at radius 2 is 2.08 bits per heavy atom. The highest BCUT2D eigenvalue weighted by Gasteiger charge is 2.06. The molecule has 2 aromatic rings. The van der Waals surface area contributed by atoms with Crippen LogP contribution in [0.5, 0.6) is 0 Å². The zero-order valence-electron chi connectivity index (χ0n) is 6.36. The van der Waals surface area contributed by atoms with E-state index >= 15 is 0 Å². The highest BCUT2D eigenvalue weighted by Crippen LogP contribution is 2.24. The molecule has 2 rings (SSSR count). The molecule has 1 N–H and O–H groups in total. The van der Waals surface area contributed by atoms with Gasteiger partial charge in [0.2, 0.25) is 0 Å². The number of nitrogens with one attached hydrogen (secondary N) is 1. The molecular weight excluding hydrogens is 378 g/mol. The lowest BCUT2D eigenvalue weighted by atomic mass is 10.2. The summed E-state index contributed by atoms with van der Waals surface area (Å²) in [5, 5.41) is 8.42. The van der Waals surface area contributed by atoms with E-state index in [-0.39, 0.29) is 0 Å². The van der Waals surface area contributed by atoms with E-state index in [1.54, 1.807) is 0 Å². The van der Waals surface area contributed by atoms with Crippen LogP contribution in [0, 0.1) is 14.2 Å². The lowest BCUT2D eigenvalue weighted by Gasteiger charge is -1.95. The third-order valence-electron chi connectivity index (χ3n) is 1.71. The van der Waals surface area contributed by atoms with Gasteiger partial charge in [0.1, 0.15) is 3.70 Å². The molecule has 0 aliphatic carbocycles. The smallest absolute Gasteiger partial charge is 0.105 e. The average molecular weight is 384 g/mol. The Morgan fingerprint density at radius 3 is 2.83 bits per heavy atom. The van der Waals surface area contributed by atoms with E-state index in [0.29, 0.717) is 0 Å². The minimum Gasteiger partial charge on any atom is -0.271 e. The van der Waals surface area contributed by atoms with E-state index in [1.807, 2.05) is 0 Å². The monoisotopic (exact) mass is 384 g/mol. The van der Waals surface area contributed by atoms with Crippen LogP contribution in [-0.2, 0) is 0 Å². The molecule has 0 amide bonds. The fraction of sp³-hybridized carbons (Fsp3) is 0.125. The second-order valence-electron chi connectivity index (χ2n) is 2.68. The average Bonchev–Trinajstić information content (AvgIpc) is 2.31. The highest BCUT2D eigenvalue weighted by molar-refractivity contribution is 14.1. The predicted molar refractivity (Wildman–Crippen MR) is 66.3 cm³/mol. The Balaban J connectivity index is 2.93. The Kier molecular flexibility index (Phi) is 2.28. The molecule has 0 unspecified atom stereocenters. The number of halogens is 2. The highest BCUT2D eigenvalue weighted by atomic mass is 127. The van der Waals surface area contributed by atoms with Gasteiger partial charge in [-0.05, 0) is 69.8 Å². The van der Waals surface area contributed by atoms with Crippen molar-refractivity contribution in [3.63, 3.8) is 0 Å². The quantitative estimate of drug-likeness (QED) is 0.696. The summed E-state index contributed by atoms with van der Waals surface area (Å²) in [6.07, 6.45) is 0. The molecule has 0 spiro atoms. The third kappa shape index (κ3) is 1.34. The van der Waals surface area contributed by atoms with Crippen LogP contribution in [0.15, 0.2) is 12.1 Å². The first-order chi connectivity index (χ1) is 5.68. The van der Waals surface area contributed by atoms with Gasteiger partial charge in [-0.15, -0.1) is 0 Å². The number of aromatic amines is 1. The molecular formula is C8H6I2N2. The van der Waals surface area contributed by atoms with Crippen molar-refractivity contribution in [2.24, 2.45) is 0 Å². The maximum Gasteiger partial charge on any atom is 0.105 e. The summed E-state index contributed by atoms with van der Waals surface area (Å²) in [6, 6.07) is 4.26. The first kappa shape index (κ1) is 8.74. The number of aryl methyl sites for hydroxylation is 1. The Bertz CT molecular complexity index is 434. The van der Waals surface area contributed by atoms with E-state index in [2.05, 4.69) is 74.4 Å². The number of benzene rings is 1. The molecule has 1 aromatic heterocycles. The lowest BCUT2D eigenvalue weighted by Crippen LogP contribution is -1.79. The molecule has 0 aliphatic heterocycles. The van der Waals surface area contributed by atoms with Crippen LogP contribution in [-0.4, -0.2) is 10.2 Å². The molecule has 1 heterocycles. The van der Waals surface area contributed by atoms with Crippen LogP contribution in [0.25, 0.3) is 10.9 Å². The van der Waals surface area contributed by atoms with E-state index in [1.165, 1.54) is 14.5 Å². The maximum atomic E-state index is 4.20. The summed E-state index contributed by atoms with van der Waals surface area (Å²) in [4.78, 5) is 0. The number of fused-ring (bicyclic) bond motifs is 1. The van der Waals surface area contributed by atoms with Gasteiger partial charge >= 0.3 is 0 Å². The molecule has 62 valence electrons. The number of rotatable bonds is 0. The molecule has 0 radical (unpaired) electrons. The van der Waals surface area contributed by atoms with Gasteiger partial charge in [0.25, 0.3) is 0 Å². The summed E-state index contributed by atoms with van der Waals surface area (Å²) in [7, 11) is 0. The van der Waals surface area contributed by atoms with Gasteiger partial charge in [0.15, 0.2) is 0 Å². The van der Waals surface area contributed by atoms with Crippen molar-refractivity contribution in [1.29, 1.82) is 0 Å². The van der Waals surface area contributed by atoms with Crippen LogP contribution < -0.4 is 0 Å². The Hall–Kier alpha value is 0.150. The largest absolute Gasteiger partial charge is 0.271 e. The number of aromatic nitrogens is 2. The fourth-order valence-electron chi connectivity index (χ4n) is 1.19. The van der Waals surface area contributed by atoms with Crippen molar-refractivity contribution < 1.29 is 0 Å². The van der Waals surface area contributed by atoms with E-state index in [4.69, 9.17) is 0 Å². The van der Waals surface area contributed by atoms with Crippen LogP contribution in [0.1, 0.15) is 5.56 Å². The van der Waals surface area contributed by atoms with E-state index in [9.17, 15) is 0 Å². The number of hydrogen-bond acceptors (Lipinski definition) is 1. The zero-order chi connectivity index (χ0) is 8.72. The van der Waals surface area contributed by atoms with Crippen molar-refractivity contribution >= 4 is 56.1 Å². The molecule has 0 saturated heterocycles. The minimum absolute atomic E-state index is 1.06. The molecule has 0 atom stereocenters. The zero-order valence-corrected chi connectivity index (χ0v) is 10.7. The molecule has 4 heteroatoms. The molecule has 0 saturated carbocycles. The normalized spacial score (nSPS) is 10.9. The predicted octanol–water partition coefficient (Wildman–Crippen LogP) is 3.08. The van der Waals surface area contributed by atoms with Crippen molar-refractivity contribution in [2.45, 2.75) is 6.92 Å². The van der Waals surface area contributed by atoms with Crippen LogP contribution >= 0.6 is 45.2 Å². The van der Waals surface area contributed by atoms with E-state index in [0.717, 1.165) is 9.22 Å². The van der Waals surface area contributed by atoms with Crippen molar-refractivity contribution in [1.82, 2.24) is 10.2 Å². The Morgan fingerprint density at radius 1 is 1.33 bits per heavy atom. The van der Waals surface area contributed by atoms with Crippen molar-refractivity contribution in [2.75, 3.05) is 0 Å². The lowest BCUT2D eigenvalue weighted by molar-refractivity contribution is 1.09. The summed E-state index contributed by atoms with van der Waals surface area (Å²) >= 11 is 4.61. The second-order valence-corrected chi connectivity index (χ2v) is 4.92. The SMILES string of the molecule is Cc1cc(I)c2c(I)[nH]nc2c1. The number of H-pyrrole nitrogens is 1. The second kappa shape index (κ2) is 3.13. The van der Waals surface area contributed by atoms with Crippen LogP contribution in [0.4, 0.5) is 0 Å². The maximum absolute atomic E-state index is 4.20. The summed E-state index contributed by atoms with van der Waals surface area (Å²) in [5.41, 5.74) is 2.32. The van der Waals surface area contributed by atoms with Crippen LogP contribution in [0.3, 0.4) is 0 Å². The number of nitrogens with zero attached hydrogens (tertiary/aromatic N) is 1. The van der Waals surface area contributed by atoms with Crippen molar-refractivity contribution in [3.05, 3.63) is 25.0 Å². The molecule has 12 heavy (non-hydrogen) atoms. The van der Waals surface area contributed by atoms with E-state index < -0.39 is 0 Å². The topological polar surface area (TPSA) is 28.7 Å². The first-order valence-corrected chi connectivity index (χ1v) is 5.64. The summed E-state index contributed by atoms with van der Waals surface area (Å²) in [5.74, 6) is 0. The van der Waals surface area contributed by atoms with Gasteiger partial charge in [0.05, 0.1) is 5.52 Å². The summed E-state index contributed by atoms with van der Waals surface area (Å²) in [6.45, 7) is 2.09. The number of hydrogen-bond donors (Lipinski definition) is 1. The molecule has 0 bridgehead atoms. The van der Waals surface area contributed by atoms with Gasteiger partial charge < -0.3 is 0 Å². The minimum atomic E-state index is 1.06. The fourth-order valence-corrected chi connectivity index (χ4v) is 3.44. The molecule has 0 fully saturated rings. The third-order valence-corrected chi connectivity index (χ3v) is 3.34. The van der Waals surface area contributed by atoms with Gasteiger partial charge in [-0.3, -0.25) is 5.10 Å². The van der Waals surface area contributed by atoms with Crippen molar-refractivity contribution in [3.8, 4) is 0 Å².